The lowest BCUT2D eigenvalue weighted by Gasteiger charge is -2.30. The number of esters is 1. The number of benzene rings is 2. The maximum Gasteiger partial charge on any atom is 0.325 e. The Morgan fingerprint density at radius 2 is 1.48 bits per heavy atom. The second-order valence-electron chi connectivity index (χ2n) is 6.88. The first-order valence-electron chi connectivity index (χ1n) is 9.48. The van der Waals surface area contributed by atoms with Crippen molar-refractivity contribution >= 4 is 18.4 Å². The number of carbonyl (C=O) groups excluding carboxylic acids is 1. The van der Waals surface area contributed by atoms with Crippen molar-refractivity contribution in [2.24, 2.45) is 5.73 Å². The molecule has 0 saturated carbocycles. The van der Waals surface area contributed by atoms with E-state index in [1.807, 2.05) is 60.7 Å². The zero-order valence-corrected chi connectivity index (χ0v) is 17.3. The smallest absolute Gasteiger partial charge is 0.325 e. The predicted molar refractivity (Wildman–Crippen MR) is 112 cm³/mol. The molecule has 0 bridgehead atoms. The summed E-state index contributed by atoms with van der Waals surface area (Å²) in [7, 11) is 0. The van der Waals surface area contributed by atoms with Gasteiger partial charge in [-0.1, -0.05) is 60.7 Å². The van der Waals surface area contributed by atoms with Crippen molar-refractivity contribution in [2.45, 2.75) is 44.5 Å². The lowest BCUT2D eigenvalue weighted by atomic mass is 10.1. The Kier molecular flexibility index (Phi) is 9.57. The maximum absolute atomic E-state index is 12.1. The van der Waals surface area contributed by atoms with Gasteiger partial charge in [0.1, 0.15) is 24.4 Å². The Bertz CT molecular complexity index is 730. The summed E-state index contributed by atoms with van der Waals surface area (Å²) in [6.07, 6.45) is -1.42. The van der Waals surface area contributed by atoms with E-state index in [9.17, 15) is 4.79 Å². The van der Waals surface area contributed by atoms with E-state index in [4.69, 9.17) is 24.7 Å². The molecule has 0 spiro atoms. The topological polar surface area (TPSA) is 80.0 Å². The summed E-state index contributed by atoms with van der Waals surface area (Å²) >= 11 is 0. The normalized spacial score (nSPS) is 25.1. The minimum absolute atomic E-state index is 0. The Labute approximate surface area is 177 Å². The van der Waals surface area contributed by atoms with Gasteiger partial charge in [-0.3, -0.25) is 4.79 Å². The van der Waals surface area contributed by atoms with Crippen LogP contribution in [0.15, 0.2) is 60.7 Å². The van der Waals surface area contributed by atoms with Gasteiger partial charge in [-0.05, 0) is 18.1 Å². The van der Waals surface area contributed by atoms with E-state index in [0.717, 1.165) is 11.1 Å². The minimum Gasteiger partial charge on any atom is -0.459 e. The molecule has 2 aromatic carbocycles. The molecule has 0 amide bonds. The Morgan fingerprint density at radius 1 is 0.931 bits per heavy atom. The van der Waals surface area contributed by atoms with Crippen LogP contribution in [0.5, 0.6) is 0 Å². The van der Waals surface area contributed by atoms with Crippen molar-refractivity contribution in [3.63, 3.8) is 0 Å². The van der Waals surface area contributed by atoms with Gasteiger partial charge in [0.05, 0.1) is 26.4 Å². The fourth-order valence-electron chi connectivity index (χ4n) is 3.04. The molecule has 0 radical (unpaired) electrons. The highest BCUT2D eigenvalue weighted by molar-refractivity contribution is 5.85. The zero-order valence-electron chi connectivity index (χ0n) is 16.4. The first kappa shape index (κ1) is 23.3. The summed E-state index contributed by atoms with van der Waals surface area (Å²) in [6, 6.07) is 18.9. The van der Waals surface area contributed by atoms with Crippen molar-refractivity contribution < 1.29 is 23.7 Å². The van der Waals surface area contributed by atoms with E-state index in [2.05, 4.69) is 0 Å². The quantitative estimate of drug-likeness (QED) is 0.722. The number of nitrogens with two attached hydrogens (primary N) is 1. The average Bonchev–Trinajstić information content (AvgIpc) is 2.76. The van der Waals surface area contributed by atoms with Gasteiger partial charge < -0.3 is 24.7 Å². The second-order valence-corrected chi connectivity index (χ2v) is 6.88. The highest BCUT2D eigenvalue weighted by Gasteiger charge is 2.34. The standard InChI is InChI=1S/C22H27NO5.ClH/c1-16-21(27-13-18-10-6-3-7-11-18)20(15-25-14-19(23)22(24)28-16)26-12-17-8-4-2-5-9-17;/h2-11,16,19-21H,12-15,23H2,1H3;1H/t16-,19-,20+,21+;/m1./s1. The Hall–Kier alpha value is -1.96. The second kappa shape index (κ2) is 11.9. The maximum atomic E-state index is 12.1. The van der Waals surface area contributed by atoms with Gasteiger partial charge in [0.25, 0.3) is 0 Å². The molecule has 2 aromatic rings. The third-order valence-electron chi connectivity index (χ3n) is 4.61. The van der Waals surface area contributed by atoms with E-state index >= 15 is 0 Å². The molecule has 0 unspecified atom stereocenters. The highest BCUT2D eigenvalue weighted by atomic mass is 35.5. The SMILES string of the molecule is C[C@H]1OC(=O)[C@H](N)COC[C@H](OCc2ccccc2)[C@H]1OCc1ccccc1.Cl. The molecule has 7 heteroatoms. The molecule has 158 valence electrons. The summed E-state index contributed by atoms with van der Waals surface area (Å²) < 4.78 is 23.4. The molecule has 1 fully saturated rings. The molecule has 0 aliphatic carbocycles. The van der Waals surface area contributed by atoms with Crippen LogP contribution >= 0.6 is 12.4 Å². The van der Waals surface area contributed by atoms with Crippen LogP contribution in [0.2, 0.25) is 0 Å². The fraction of sp³-hybridized carbons (Fsp3) is 0.409. The molecule has 0 aromatic heterocycles. The van der Waals surface area contributed by atoms with E-state index in [1.165, 1.54) is 0 Å². The summed E-state index contributed by atoms with van der Waals surface area (Å²) in [4.78, 5) is 12.1. The van der Waals surface area contributed by atoms with Crippen LogP contribution < -0.4 is 5.73 Å². The molecule has 2 N–H and O–H groups in total. The lowest BCUT2D eigenvalue weighted by Crippen LogP contribution is -2.44. The van der Waals surface area contributed by atoms with Crippen LogP contribution in [-0.4, -0.2) is 43.5 Å². The van der Waals surface area contributed by atoms with Gasteiger partial charge in [0.15, 0.2) is 0 Å². The van der Waals surface area contributed by atoms with Gasteiger partial charge in [-0.25, -0.2) is 0 Å². The summed E-state index contributed by atoms with van der Waals surface area (Å²) in [5.41, 5.74) is 7.89. The van der Waals surface area contributed by atoms with Crippen molar-refractivity contribution in [2.75, 3.05) is 13.2 Å². The first-order chi connectivity index (χ1) is 13.6. The van der Waals surface area contributed by atoms with Crippen LogP contribution in [0, 0.1) is 0 Å². The summed E-state index contributed by atoms with van der Waals surface area (Å²) in [6.45, 7) is 2.94. The van der Waals surface area contributed by atoms with Gasteiger partial charge in [-0.15, -0.1) is 12.4 Å². The number of rotatable bonds is 6. The van der Waals surface area contributed by atoms with Crippen molar-refractivity contribution in [3.8, 4) is 0 Å². The number of halogens is 1. The largest absolute Gasteiger partial charge is 0.459 e. The van der Waals surface area contributed by atoms with E-state index in [0.29, 0.717) is 13.2 Å². The van der Waals surface area contributed by atoms with E-state index in [1.54, 1.807) is 6.92 Å². The van der Waals surface area contributed by atoms with Gasteiger partial charge in [-0.2, -0.15) is 0 Å². The number of carbonyl (C=O) groups is 1. The Morgan fingerprint density at radius 3 is 2.07 bits per heavy atom. The summed E-state index contributed by atoms with van der Waals surface area (Å²) in [5.74, 6) is -0.496. The molecule has 1 saturated heterocycles. The van der Waals surface area contributed by atoms with Gasteiger partial charge in [0, 0.05) is 0 Å². The molecule has 1 heterocycles. The fourth-order valence-corrected chi connectivity index (χ4v) is 3.04. The molecule has 29 heavy (non-hydrogen) atoms. The Balaban J connectivity index is 0.00000300. The molecular weight excluding hydrogens is 394 g/mol. The van der Waals surface area contributed by atoms with Crippen LogP contribution in [-0.2, 0) is 37.0 Å². The first-order valence-corrected chi connectivity index (χ1v) is 9.48. The monoisotopic (exact) mass is 421 g/mol. The third-order valence-corrected chi connectivity index (χ3v) is 4.61. The number of cyclic esters (lactones) is 1. The summed E-state index contributed by atoms with van der Waals surface area (Å²) in [5, 5.41) is 0. The predicted octanol–water partition coefficient (Wildman–Crippen LogP) is 2.87. The van der Waals surface area contributed by atoms with Crippen LogP contribution in [0.25, 0.3) is 0 Å². The molecular formula is C22H28ClNO5. The van der Waals surface area contributed by atoms with E-state index < -0.39 is 30.3 Å². The van der Waals surface area contributed by atoms with Crippen LogP contribution in [0.4, 0.5) is 0 Å². The minimum atomic E-state index is -0.815. The van der Waals surface area contributed by atoms with Crippen molar-refractivity contribution in [3.05, 3.63) is 71.8 Å². The van der Waals surface area contributed by atoms with Gasteiger partial charge >= 0.3 is 5.97 Å². The van der Waals surface area contributed by atoms with E-state index in [-0.39, 0.29) is 25.6 Å². The van der Waals surface area contributed by atoms with Crippen molar-refractivity contribution in [1.29, 1.82) is 0 Å². The zero-order chi connectivity index (χ0) is 19.8. The molecule has 1 aliphatic rings. The van der Waals surface area contributed by atoms with Gasteiger partial charge in [0.2, 0.25) is 0 Å². The molecule has 3 rings (SSSR count). The third kappa shape index (κ3) is 7.10. The molecule has 1 aliphatic heterocycles. The highest BCUT2D eigenvalue weighted by Crippen LogP contribution is 2.19. The van der Waals surface area contributed by atoms with Crippen LogP contribution in [0.1, 0.15) is 18.1 Å². The number of hydrogen-bond acceptors (Lipinski definition) is 6. The molecule has 6 nitrogen and oxygen atoms in total. The average molecular weight is 422 g/mol. The lowest BCUT2D eigenvalue weighted by molar-refractivity contribution is -0.170. The number of hydrogen-bond donors (Lipinski definition) is 1. The number of ether oxygens (including phenoxy) is 4. The van der Waals surface area contributed by atoms with Crippen molar-refractivity contribution in [1.82, 2.24) is 0 Å². The molecule has 4 atom stereocenters. The van der Waals surface area contributed by atoms with Crippen LogP contribution in [0.3, 0.4) is 0 Å².